The van der Waals surface area contributed by atoms with E-state index in [1.807, 2.05) is 64.2 Å². The second-order valence-electron chi connectivity index (χ2n) is 34.4. The van der Waals surface area contributed by atoms with E-state index in [2.05, 4.69) is 0 Å². The van der Waals surface area contributed by atoms with Gasteiger partial charge in [0.15, 0.2) is 0 Å². The second kappa shape index (κ2) is 41.7. The van der Waals surface area contributed by atoms with Crippen molar-refractivity contribution in [3.05, 3.63) is 58.7 Å². The predicted molar refractivity (Wildman–Crippen MR) is 414 cm³/mol. The van der Waals surface area contributed by atoms with Gasteiger partial charge in [0.05, 0.1) is 61.0 Å². The molecule has 112 heavy (non-hydrogen) atoms. The third kappa shape index (κ3) is 22.5. The number of methoxy groups -OCH3 is 6. The van der Waals surface area contributed by atoms with Crippen LogP contribution in [0.2, 0.25) is 0 Å². The zero-order valence-corrected chi connectivity index (χ0v) is 69.4. The number of ether oxygens (including phenoxy) is 10. The molecule has 6 N–H and O–H groups in total. The van der Waals surface area contributed by atoms with Crippen LogP contribution in [-0.2, 0) is 85.7 Å². The number of aliphatic hydroxyl groups excluding tert-OH is 4. The van der Waals surface area contributed by atoms with Gasteiger partial charge in [0, 0.05) is 104 Å². The fourth-order valence-electron chi connectivity index (χ4n) is 19.0. The Morgan fingerprint density at radius 2 is 0.795 bits per heavy atom. The summed E-state index contributed by atoms with van der Waals surface area (Å²) >= 11 is 0. The maximum absolute atomic E-state index is 15.3. The third-order valence-corrected chi connectivity index (χ3v) is 25.9. The summed E-state index contributed by atoms with van der Waals surface area (Å²) in [6, 6.07) is -2.54. The minimum atomic E-state index is -2.63. The van der Waals surface area contributed by atoms with Crippen LogP contribution in [0.5, 0.6) is 0 Å². The zero-order valence-electron chi connectivity index (χ0n) is 69.4. The molecule has 0 aromatic carbocycles. The molecular formula is C86H134N2O24. The van der Waals surface area contributed by atoms with Gasteiger partial charge in [-0.25, -0.2) is 9.59 Å². The van der Waals surface area contributed by atoms with Crippen molar-refractivity contribution in [2.45, 2.75) is 320 Å². The van der Waals surface area contributed by atoms with E-state index in [9.17, 15) is 59.4 Å². The number of allylic oxidation sites excluding steroid dienone is 8. The Balaban J connectivity index is 1.16. The maximum atomic E-state index is 15.3. The van der Waals surface area contributed by atoms with E-state index in [-0.39, 0.29) is 99.7 Å². The standard InChI is InChI=1S/C86H134N2O24/c1-47-33-49(3)37-71(105-13)77-73(107-15)41-53(7)85(101,111-77)79(95)81(97)87-31-21-19-25-61(87)83(99)109-75(51(5)39-57-27-29-63(89)69(43-57)103-11)55(9)65(91)45-67(93)59(35-47)23-17-18-24-60-36-48(2)34-50(4)38-72(106-14)78-74(108-16)42-54(8)86(102,112-78)80(96)82(98)88-32-22-20-26-62(88)84(100)110-76(56(10)66(92)46-68(60)94)52(6)40-58-28-30-64(90)70(44-58)104-12/h17-18,35-36,39-40,49-50,53-66,69-78,89-92,101-102H,19-34,37-38,41-46H2,1-16H3/b18-17+,47-35-,48-36+,51-39+,52-40+/t49-,50-,53+,54+,55+,56+,57-,58-,59+,60+,61-,62-,63+,64+,65-,66-,69+,70+,71-,72-,73-,74-,75+,76+,77+,78+,85+,86+/m0/s1. The Morgan fingerprint density at radius 1 is 0.455 bits per heavy atom. The highest BCUT2D eigenvalue weighted by Crippen LogP contribution is 2.43. The molecule has 0 aromatic heterocycles. The average molecular weight is 1580 g/mol. The molecule has 0 spiro atoms. The van der Waals surface area contributed by atoms with Gasteiger partial charge in [0.1, 0.15) is 48.1 Å². The number of esters is 2. The molecule has 0 unspecified atom stereocenters. The first-order valence-electron chi connectivity index (χ1n) is 41.3. The second-order valence-corrected chi connectivity index (χ2v) is 34.4. The molecule has 8 rings (SSSR count). The molecule has 632 valence electrons. The number of hydrogen-bond acceptors (Lipinski definition) is 24. The smallest absolute Gasteiger partial charge is 0.329 e. The fraction of sp³-hybridized carbons (Fsp3) is 0.791. The van der Waals surface area contributed by atoms with Crippen LogP contribution in [0.3, 0.4) is 0 Å². The molecule has 0 radical (unpaired) electrons. The largest absolute Gasteiger partial charge is 0.456 e. The van der Waals surface area contributed by atoms with E-state index in [0.717, 1.165) is 20.9 Å². The van der Waals surface area contributed by atoms with Crippen molar-refractivity contribution in [1.82, 2.24) is 9.80 Å². The molecule has 4 bridgehead atoms. The van der Waals surface area contributed by atoms with Crippen molar-refractivity contribution >= 4 is 46.9 Å². The number of Topliss-reactive ketones (excluding diaryl/α,β-unsaturated/α-hetero) is 4. The topological polar surface area (TPSA) is 357 Å². The highest BCUT2D eigenvalue weighted by molar-refractivity contribution is 6.39. The van der Waals surface area contributed by atoms with Crippen LogP contribution in [0.4, 0.5) is 0 Å². The van der Waals surface area contributed by atoms with Crippen LogP contribution in [-0.4, -0.2) is 252 Å². The van der Waals surface area contributed by atoms with Crippen molar-refractivity contribution in [2.24, 2.45) is 59.2 Å². The van der Waals surface area contributed by atoms with Crippen molar-refractivity contribution in [3.8, 4) is 0 Å². The Bertz CT molecular complexity index is 3160. The van der Waals surface area contributed by atoms with Gasteiger partial charge in [-0.1, -0.05) is 89.1 Å². The molecule has 6 fully saturated rings. The van der Waals surface area contributed by atoms with Crippen LogP contribution < -0.4 is 0 Å². The number of nitrogens with zero attached hydrogens (tertiary/aromatic N) is 2. The van der Waals surface area contributed by atoms with E-state index in [4.69, 9.17) is 47.4 Å². The number of aliphatic hydroxyl groups is 6. The highest BCUT2D eigenvalue weighted by Gasteiger charge is 2.59. The third-order valence-electron chi connectivity index (χ3n) is 25.9. The number of carbonyl (C=O) groups excluding carboxylic acids is 8. The van der Waals surface area contributed by atoms with Gasteiger partial charge in [0.25, 0.3) is 23.4 Å². The predicted octanol–water partition coefficient (Wildman–Crippen LogP) is 8.48. The molecule has 0 aromatic rings. The van der Waals surface area contributed by atoms with E-state index in [1.54, 1.807) is 41.5 Å². The Labute approximate surface area is 663 Å². The lowest BCUT2D eigenvalue weighted by molar-refractivity contribution is -0.302. The molecule has 26 heteroatoms. The average Bonchev–Trinajstić information content (AvgIpc) is 0.788. The van der Waals surface area contributed by atoms with E-state index < -0.39 is 180 Å². The molecule has 2 aliphatic carbocycles. The quantitative estimate of drug-likeness (QED) is 0.0539. The molecule has 2 saturated carbocycles. The van der Waals surface area contributed by atoms with Gasteiger partial charge >= 0.3 is 11.9 Å². The van der Waals surface area contributed by atoms with Crippen LogP contribution in [0.25, 0.3) is 0 Å². The van der Waals surface area contributed by atoms with Gasteiger partial charge in [-0.3, -0.25) is 28.8 Å². The number of fused-ring (bicyclic) bond motifs is 6. The Morgan fingerprint density at radius 3 is 1.13 bits per heavy atom. The van der Waals surface area contributed by atoms with Gasteiger partial charge in [0.2, 0.25) is 11.6 Å². The maximum Gasteiger partial charge on any atom is 0.329 e. The number of piperidine rings is 2. The highest BCUT2D eigenvalue weighted by atomic mass is 16.7. The fourth-order valence-corrected chi connectivity index (χ4v) is 19.0. The molecule has 26 nitrogen and oxygen atoms in total. The van der Waals surface area contributed by atoms with E-state index >= 15 is 9.59 Å². The zero-order chi connectivity index (χ0) is 82.4. The Kier molecular flexibility index (Phi) is 34.3. The summed E-state index contributed by atoms with van der Waals surface area (Å²) < 4.78 is 61.2. The summed E-state index contributed by atoms with van der Waals surface area (Å²) in [6.45, 7) is 17.9. The summed E-state index contributed by atoms with van der Waals surface area (Å²) in [5.41, 5.74) is 2.73. The summed E-state index contributed by atoms with van der Waals surface area (Å²) in [5, 5.41) is 71.5. The van der Waals surface area contributed by atoms with Gasteiger partial charge in [-0.05, 0) is 191 Å². The number of ketones is 4. The lowest BCUT2D eigenvalue weighted by Gasteiger charge is -2.47. The summed E-state index contributed by atoms with van der Waals surface area (Å²) in [4.78, 5) is 122. The van der Waals surface area contributed by atoms with Gasteiger partial charge < -0.3 is 87.8 Å². The van der Waals surface area contributed by atoms with E-state index in [0.29, 0.717) is 101 Å². The number of rotatable bonds is 14. The first-order valence-corrected chi connectivity index (χ1v) is 41.3. The summed E-state index contributed by atoms with van der Waals surface area (Å²) in [5.74, 6) is -18.4. The summed E-state index contributed by atoms with van der Waals surface area (Å²) in [7, 11) is 9.04. The van der Waals surface area contributed by atoms with E-state index in [1.165, 1.54) is 42.7 Å². The molecule has 8 aliphatic rings. The minimum absolute atomic E-state index is 0.000702. The molecule has 2 amide bonds. The minimum Gasteiger partial charge on any atom is -0.456 e. The first-order chi connectivity index (χ1) is 53.1. The summed E-state index contributed by atoms with van der Waals surface area (Å²) in [6.07, 6.45) is 5.17. The number of hydrogen-bond donors (Lipinski definition) is 6. The van der Waals surface area contributed by atoms with Gasteiger partial charge in [-0.2, -0.15) is 0 Å². The molecule has 6 heterocycles. The van der Waals surface area contributed by atoms with Crippen molar-refractivity contribution in [1.29, 1.82) is 0 Å². The van der Waals surface area contributed by atoms with Crippen molar-refractivity contribution in [3.63, 3.8) is 0 Å². The lowest BCUT2D eigenvalue weighted by atomic mass is 9.81. The van der Waals surface area contributed by atoms with Crippen molar-refractivity contribution < 1.29 is 116 Å². The number of carbonyl (C=O) groups is 8. The lowest BCUT2D eigenvalue weighted by Crippen LogP contribution is -2.64. The van der Waals surface area contributed by atoms with Crippen LogP contribution in [0, 0.1) is 59.2 Å². The Hall–Kier alpha value is -5.30. The molecular weight excluding hydrogens is 1440 g/mol. The van der Waals surface area contributed by atoms with Gasteiger partial charge in [-0.15, -0.1) is 0 Å². The SMILES string of the molecule is CO[C@H]1C[C@@H](C)C/C(C)=C\[C@@H](C/C=C/C[C@@H]2/C=C(\C)C[C@H](C)C[C@H](OC)[C@H]3O[C@@](O)(C(=O)C(=O)N4CCCC[C@H]4C(=O)O[C@H](/C(C)=C/[C@@H]4CC[C@@H](O)[C@H](OC)C4)[C@H](C)[C@@H](O)CC2=O)[C@H](C)C[C@@H]3OC)C(=O)C[C@H](O)[C@@H](C)[C@@H](/C(C)=C/[C@@H]2CC[C@@H](O)[C@H](OC)C2)OC(=O)[C@@H]2CCCCN2C(=O)C(=O)[C@]2(O)O[C@H]1[C@@H](OC)C[C@H]2C. The normalized spacial score (nSPS) is 41.8. The first kappa shape index (κ1) is 92.2. The van der Waals surface area contributed by atoms with Crippen LogP contribution in [0.1, 0.15) is 210 Å². The molecule has 6 aliphatic heterocycles. The molecule has 4 saturated heterocycles. The van der Waals surface area contributed by atoms with Crippen LogP contribution >= 0.6 is 0 Å². The number of amides is 2. The van der Waals surface area contributed by atoms with Crippen LogP contribution in [0.15, 0.2) is 58.7 Å². The molecule has 28 atom stereocenters. The van der Waals surface area contributed by atoms with Crippen molar-refractivity contribution in [2.75, 3.05) is 55.7 Å². The number of cyclic esters (lactones) is 2. The monoisotopic (exact) mass is 1580 g/mol.